The van der Waals surface area contributed by atoms with Gasteiger partial charge < -0.3 is 20.6 Å². The molecule has 0 spiro atoms. The van der Waals surface area contributed by atoms with E-state index in [2.05, 4.69) is 26.6 Å². The van der Waals surface area contributed by atoms with Crippen LogP contribution in [0.3, 0.4) is 0 Å². The first-order valence-electron chi connectivity index (χ1n) is 7.77. The Kier molecular flexibility index (Phi) is 4.99. The topological polar surface area (TPSA) is 81.7 Å². The lowest BCUT2D eigenvalue weighted by molar-refractivity contribution is -0.126. The minimum absolute atomic E-state index is 0.0363. The van der Waals surface area contributed by atoms with E-state index >= 15 is 0 Å². The average Bonchev–Trinajstić information content (AvgIpc) is 3.11. The molecule has 2 amide bonds. The van der Waals surface area contributed by atoms with E-state index in [4.69, 9.17) is 0 Å². The summed E-state index contributed by atoms with van der Waals surface area (Å²) in [6.45, 7) is 2.11. The van der Waals surface area contributed by atoms with Crippen molar-refractivity contribution in [2.45, 2.75) is 12.5 Å². The number of halogens is 1. The van der Waals surface area contributed by atoms with Gasteiger partial charge in [-0.2, -0.15) is 0 Å². The van der Waals surface area contributed by atoms with Gasteiger partial charge in [0, 0.05) is 48.7 Å². The van der Waals surface area contributed by atoms with Crippen LogP contribution in [0.25, 0.3) is 0 Å². The van der Waals surface area contributed by atoms with E-state index in [9.17, 15) is 14.7 Å². The summed E-state index contributed by atoms with van der Waals surface area (Å²) in [5.41, 5.74) is 0.801. The van der Waals surface area contributed by atoms with Crippen LogP contribution in [-0.2, 0) is 9.59 Å². The first-order valence-corrected chi connectivity index (χ1v) is 8.56. The van der Waals surface area contributed by atoms with Crippen LogP contribution in [0, 0.1) is 11.8 Å². The maximum atomic E-state index is 12.3. The van der Waals surface area contributed by atoms with Crippen LogP contribution in [0.2, 0.25) is 0 Å². The van der Waals surface area contributed by atoms with E-state index in [-0.39, 0.29) is 30.1 Å². The first kappa shape index (κ1) is 16.4. The third-order valence-electron chi connectivity index (χ3n) is 4.46. The van der Waals surface area contributed by atoms with Crippen LogP contribution in [0.15, 0.2) is 28.7 Å². The van der Waals surface area contributed by atoms with Crippen molar-refractivity contribution in [3.8, 4) is 0 Å². The summed E-state index contributed by atoms with van der Waals surface area (Å²) in [5, 5.41) is 15.7. The highest BCUT2D eigenvalue weighted by atomic mass is 79.9. The van der Waals surface area contributed by atoms with Crippen molar-refractivity contribution < 1.29 is 14.7 Å². The van der Waals surface area contributed by atoms with Gasteiger partial charge in [0.25, 0.3) is 0 Å². The summed E-state index contributed by atoms with van der Waals surface area (Å²) in [7, 11) is 0. The Labute approximate surface area is 143 Å². The van der Waals surface area contributed by atoms with Crippen molar-refractivity contribution in [2.24, 2.45) is 11.8 Å². The van der Waals surface area contributed by atoms with Crippen molar-refractivity contribution in [2.75, 3.05) is 31.1 Å². The molecule has 3 atom stereocenters. The molecular weight excluding hydrogens is 362 g/mol. The number of nitrogens with one attached hydrogen (secondary N) is 2. The molecule has 3 rings (SSSR count). The third-order valence-corrected chi connectivity index (χ3v) is 4.95. The van der Waals surface area contributed by atoms with Gasteiger partial charge in [0.1, 0.15) is 0 Å². The Balaban J connectivity index is 1.57. The van der Waals surface area contributed by atoms with Crippen LogP contribution >= 0.6 is 15.9 Å². The molecular formula is C16H20BrN3O3. The SMILES string of the molecule is O=C(NCC1CNCC1O)C1CC(=O)N(c2cccc(Br)c2)C1. The standard InChI is InChI=1S/C16H20BrN3O3/c17-12-2-1-3-13(5-12)20-9-10(4-15(20)22)16(23)19-7-11-6-18-8-14(11)21/h1-3,5,10-11,14,18,21H,4,6-9H2,(H,19,23). The zero-order valence-electron chi connectivity index (χ0n) is 12.7. The molecule has 23 heavy (non-hydrogen) atoms. The number of carbonyl (C=O) groups excluding carboxylic acids is 2. The Morgan fingerprint density at radius 1 is 1.43 bits per heavy atom. The van der Waals surface area contributed by atoms with Crippen molar-refractivity contribution in [1.82, 2.24) is 10.6 Å². The quantitative estimate of drug-likeness (QED) is 0.709. The summed E-state index contributed by atoms with van der Waals surface area (Å²) < 4.78 is 0.901. The molecule has 7 heteroatoms. The molecule has 2 heterocycles. The second kappa shape index (κ2) is 6.98. The van der Waals surface area contributed by atoms with Gasteiger partial charge in [0.05, 0.1) is 12.0 Å². The van der Waals surface area contributed by atoms with Gasteiger partial charge in [0.15, 0.2) is 0 Å². The maximum absolute atomic E-state index is 12.3. The molecule has 124 valence electrons. The second-order valence-corrected chi connectivity index (χ2v) is 7.03. The smallest absolute Gasteiger partial charge is 0.227 e. The average molecular weight is 382 g/mol. The molecule has 2 aliphatic rings. The molecule has 3 N–H and O–H groups in total. The number of anilines is 1. The highest BCUT2D eigenvalue weighted by Gasteiger charge is 2.35. The van der Waals surface area contributed by atoms with Gasteiger partial charge in [-0.3, -0.25) is 9.59 Å². The number of hydrogen-bond acceptors (Lipinski definition) is 4. The molecule has 0 aliphatic carbocycles. The van der Waals surface area contributed by atoms with E-state index in [1.54, 1.807) is 4.90 Å². The number of benzene rings is 1. The van der Waals surface area contributed by atoms with Gasteiger partial charge in [-0.1, -0.05) is 22.0 Å². The lowest BCUT2D eigenvalue weighted by atomic mass is 10.0. The predicted octanol–water partition coefficient (Wildman–Crippen LogP) is 0.499. The van der Waals surface area contributed by atoms with Crippen LogP contribution in [0.5, 0.6) is 0 Å². The molecule has 0 radical (unpaired) electrons. The van der Waals surface area contributed by atoms with E-state index in [1.165, 1.54) is 0 Å². The van der Waals surface area contributed by atoms with Gasteiger partial charge >= 0.3 is 0 Å². The van der Waals surface area contributed by atoms with Crippen molar-refractivity contribution in [3.63, 3.8) is 0 Å². The van der Waals surface area contributed by atoms with E-state index < -0.39 is 6.10 Å². The van der Waals surface area contributed by atoms with Crippen molar-refractivity contribution in [1.29, 1.82) is 0 Å². The highest BCUT2D eigenvalue weighted by Crippen LogP contribution is 2.27. The molecule has 0 saturated carbocycles. The van der Waals surface area contributed by atoms with Crippen LogP contribution in [0.4, 0.5) is 5.69 Å². The molecule has 2 aliphatic heterocycles. The Hall–Kier alpha value is -1.44. The van der Waals surface area contributed by atoms with Crippen LogP contribution in [0.1, 0.15) is 6.42 Å². The van der Waals surface area contributed by atoms with Crippen LogP contribution < -0.4 is 15.5 Å². The number of aliphatic hydroxyl groups excluding tert-OH is 1. The largest absolute Gasteiger partial charge is 0.391 e. The maximum Gasteiger partial charge on any atom is 0.227 e. The van der Waals surface area contributed by atoms with E-state index in [0.29, 0.717) is 26.2 Å². The summed E-state index contributed by atoms with van der Waals surface area (Å²) in [6, 6.07) is 7.51. The first-order chi connectivity index (χ1) is 11.0. The summed E-state index contributed by atoms with van der Waals surface area (Å²) in [5.74, 6) is -0.453. The lowest BCUT2D eigenvalue weighted by Crippen LogP contribution is -2.38. The number of rotatable bonds is 4. The fourth-order valence-electron chi connectivity index (χ4n) is 3.08. The number of hydrogen-bond donors (Lipinski definition) is 3. The molecule has 0 aromatic heterocycles. The molecule has 2 fully saturated rings. The number of nitrogens with zero attached hydrogens (tertiary/aromatic N) is 1. The number of β-amino-alcohol motifs (C(OH)–C–C–N with tert-alkyl or cyclic N) is 1. The van der Waals surface area contributed by atoms with E-state index in [0.717, 1.165) is 10.2 Å². The predicted molar refractivity (Wildman–Crippen MR) is 90.0 cm³/mol. The van der Waals surface area contributed by atoms with Crippen LogP contribution in [-0.4, -0.2) is 49.2 Å². The van der Waals surface area contributed by atoms with Gasteiger partial charge in [-0.25, -0.2) is 0 Å². The monoisotopic (exact) mass is 381 g/mol. The number of amides is 2. The fraction of sp³-hybridized carbons (Fsp3) is 0.500. The van der Waals surface area contributed by atoms with Gasteiger partial charge in [-0.15, -0.1) is 0 Å². The highest BCUT2D eigenvalue weighted by molar-refractivity contribution is 9.10. The van der Waals surface area contributed by atoms with Crippen molar-refractivity contribution >= 4 is 33.4 Å². The van der Waals surface area contributed by atoms with Gasteiger partial charge in [0.2, 0.25) is 11.8 Å². The number of aliphatic hydroxyl groups is 1. The molecule has 3 unspecified atom stereocenters. The fourth-order valence-corrected chi connectivity index (χ4v) is 3.47. The third kappa shape index (κ3) is 3.73. The Bertz CT molecular complexity index is 610. The number of carbonyl (C=O) groups is 2. The van der Waals surface area contributed by atoms with Crippen molar-refractivity contribution in [3.05, 3.63) is 28.7 Å². The van der Waals surface area contributed by atoms with E-state index in [1.807, 2.05) is 24.3 Å². The zero-order chi connectivity index (χ0) is 16.4. The molecule has 1 aromatic rings. The molecule has 1 aromatic carbocycles. The second-order valence-electron chi connectivity index (χ2n) is 6.12. The summed E-state index contributed by atoms with van der Waals surface area (Å²) >= 11 is 3.39. The minimum atomic E-state index is -0.418. The summed E-state index contributed by atoms with van der Waals surface area (Å²) in [6.07, 6.45) is -0.192. The lowest BCUT2D eigenvalue weighted by Gasteiger charge is -2.18. The Morgan fingerprint density at radius 2 is 2.26 bits per heavy atom. The summed E-state index contributed by atoms with van der Waals surface area (Å²) in [4.78, 5) is 26.1. The minimum Gasteiger partial charge on any atom is -0.391 e. The molecule has 2 saturated heterocycles. The Morgan fingerprint density at radius 3 is 2.96 bits per heavy atom. The normalized spacial score (nSPS) is 27.5. The molecule has 6 nitrogen and oxygen atoms in total. The molecule has 0 bridgehead atoms. The van der Waals surface area contributed by atoms with Gasteiger partial charge in [-0.05, 0) is 18.2 Å². The zero-order valence-corrected chi connectivity index (χ0v) is 14.3.